The summed E-state index contributed by atoms with van der Waals surface area (Å²) in [4.78, 5) is 14.6. The molecular weight excluding hydrogens is 240 g/mol. The number of hydrogen-bond donors (Lipinski definition) is 1. The number of carbonyl (C=O) groups is 1. The highest BCUT2D eigenvalue weighted by Crippen LogP contribution is 2.21. The van der Waals surface area contributed by atoms with Gasteiger partial charge in [0.05, 0.1) is 12.7 Å². The third-order valence-corrected chi connectivity index (χ3v) is 3.42. The second-order valence-corrected chi connectivity index (χ2v) is 5.59. The molecule has 0 aromatic heterocycles. The van der Waals surface area contributed by atoms with Crippen molar-refractivity contribution in [3.05, 3.63) is 29.8 Å². The zero-order chi connectivity index (χ0) is 13.9. The van der Waals surface area contributed by atoms with Crippen LogP contribution in [0.4, 0.5) is 0 Å². The van der Waals surface area contributed by atoms with E-state index < -0.39 is 0 Å². The van der Waals surface area contributed by atoms with Gasteiger partial charge in [0.25, 0.3) is 5.91 Å². The second kappa shape index (κ2) is 5.61. The van der Waals surface area contributed by atoms with Gasteiger partial charge in [-0.3, -0.25) is 4.79 Å². The molecule has 1 N–H and O–H groups in total. The predicted octanol–water partition coefficient (Wildman–Crippen LogP) is 1.91. The molecule has 1 aliphatic rings. The molecule has 0 unspecified atom stereocenters. The summed E-state index contributed by atoms with van der Waals surface area (Å²) < 4.78 is 5.28. The molecule has 1 aromatic rings. The lowest BCUT2D eigenvalue weighted by Gasteiger charge is -2.30. The van der Waals surface area contributed by atoms with Gasteiger partial charge in [0, 0.05) is 18.6 Å². The smallest absolute Gasteiger partial charge is 0.257 e. The number of nitrogens with one attached hydrogen (secondary N) is 1. The van der Waals surface area contributed by atoms with Crippen LogP contribution in [0.25, 0.3) is 0 Å². The first-order chi connectivity index (χ1) is 9.03. The summed E-state index contributed by atoms with van der Waals surface area (Å²) in [5.74, 6) is 0.691. The molecule has 1 amide bonds. The highest BCUT2D eigenvalue weighted by molar-refractivity contribution is 5.97. The van der Waals surface area contributed by atoms with E-state index in [0.717, 1.165) is 19.5 Å². The van der Waals surface area contributed by atoms with Crippen molar-refractivity contribution in [3.8, 4) is 5.75 Å². The average molecular weight is 262 g/mol. The molecule has 2 rings (SSSR count). The molecule has 4 heteroatoms. The lowest BCUT2D eigenvalue weighted by molar-refractivity contribution is 0.0729. The van der Waals surface area contributed by atoms with Gasteiger partial charge in [-0.2, -0.15) is 0 Å². The Morgan fingerprint density at radius 1 is 1.37 bits per heavy atom. The molecule has 1 heterocycles. The van der Waals surface area contributed by atoms with Crippen molar-refractivity contribution < 1.29 is 9.53 Å². The molecule has 0 spiro atoms. The Bertz CT molecular complexity index is 457. The van der Waals surface area contributed by atoms with Crippen molar-refractivity contribution >= 4 is 5.91 Å². The Balaban J connectivity index is 2.22. The predicted molar refractivity (Wildman–Crippen MR) is 75.6 cm³/mol. The van der Waals surface area contributed by atoms with Crippen molar-refractivity contribution in [1.29, 1.82) is 0 Å². The van der Waals surface area contributed by atoms with E-state index in [2.05, 4.69) is 19.2 Å². The fourth-order valence-corrected chi connectivity index (χ4v) is 2.47. The maximum Gasteiger partial charge on any atom is 0.257 e. The fourth-order valence-electron chi connectivity index (χ4n) is 2.47. The minimum Gasteiger partial charge on any atom is -0.496 e. The third kappa shape index (κ3) is 3.26. The van der Waals surface area contributed by atoms with E-state index in [0.29, 0.717) is 17.9 Å². The van der Waals surface area contributed by atoms with Crippen LogP contribution in [-0.2, 0) is 0 Å². The van der Waals surface area contributed by atoms with Gasteiger partial charge in [0.1, 0.15) is 5.75 Å². The van der Waals surface area contributed by atoms with E-state index in [1.54, 1.807) is 7.11 Å². The molecule has 0 atom stereocenters. The first kappa shape index (κ1) is 13.9. The maximum atomic E-state index is 12.6. The third-order valence-electron chi connectivity index (χ3n) is 3.42. The number of amides is 1. The van der Waals surface area contributed by atoms with Crippen LogP contribution in [0, 0.1) is 0 Å². The van der Waals surface area contributed by atoms with Gasteiger partial charge < -0.3 is 15.0 Å². The van der Waals surface area contributed by atoms with Gasteiger partial charge in [0.2, 0.25) is 0 Å². The summed E-state index contributed by atoms with van der Waals surface area (Å²) in [5, 5.41) is 3.46. The van der Waals surface area contributed by atoms with Gasteiger partial charge in [-0.1, -0.05) is 12.1 Å². The first-order valence-electron chi connectivity index (χ1n) is 6.71. The molecule has 0 aliphatic carbocycles. The zero-order valence-corrected chi connectivity index (χ0v) is 11.9. The molecule has 1 fully saturated rings. The SMILES string of the molecule is COc1ccccc1C(=O)N1CCCNC(C)(C)C1. The Labute approximate surface area is 114 Å². The van der Waals surface area contributed by atoms with Gasteiger partial charge in [-0.15, -0.1) is 0 Å². The molecule has 19 heavy (non-hydrogen) atoms. The van der Waals surface area contributed by atoms with Crippen molar-refractivity contribution in [1.82, 2.24) is 10.2 Å². The normalized spacial score (nSPS) is 18.8. The van der Waals surface area contributed by atoms with E-state index in [1.165, 1.54) is 0 Å². The van der Waals surface area contributed by atoms with Crippen molar-refractivity contribution in [2.45, 2.75) is 25.8 Å². The Hall–Kier alpha value is -1.55. The summed E-state index contributed by atoms with van der Waals surface area (Å²) in [5.41, 5.74) is 0.594. The summed E-state index contributed by atoms with van der Waals surface area (Å²) in [7, 11) is 1.60. The molecule has 0 bridgehead atoms. The minimum absolute atomic E-state index is 0.0474. The van der Waals surface area contributed by atoms with Crippen molar-refractivity contribution in [3.63, 3.8) is 0 Å². The van der Waals surface area contributed by atoms with E-state index in [4.69, 9.17) is 4.74 Å². The molecule has 104 valence electrons. The first-order valence-corrected chi connectivity index (χ1v) is 6.71. The van der Waals surface area contributed by atoms with Crippen LogP contribution in [0.2, 0.25) is 0 Å². The van der Waals surface area contributed by atoms with E-state index in [1.807, 2.05) is 29.2 Å². The van der Waals surface area contributed by atoms with Crippen molar-refractivity contribution in [2.75, 3.05) is 26.7 Å². The molecular formula is C15H22N2O2. The van der Waals surface area contributed by atoms with Crippen LogP contribution in [0.15, 0.2) is 24.3 Å². The van der Waals surface area contributed by atoms with Gasteiger partial charge >= 0.3 is 0 Å². The molecule has 1 aliphatic heterocycles. The highest BCUT2D eigenvalue weighted by Gasteiger charge is 2.28. The Morgan fingerprint density at radius 3 is 2.84 bits per heavy atom. The fraction of sp³-hybridized carbons (Fsp3) is 0.533. The number of methoxy groups -OCH3 is 1. The quantitative estimate of drug-likeness (QED) is 0.885. The number of nitrogens with zero attached hydrogens (tertiary/aromatic N) is 1. The van der Waals surface area contributed by atoms with E-state index in [-0.39, 0.29) is 11.4 Å². The van der Waals surface area contributed by atoms with Crippen LogP contribution >= 0.6 is 0 Å². The molecule has 1 aromatic carbocycles. The minimum atomic E-state index is -0.0474. The monoisotopic (exact) mass is 262 g/mol. The molecule has 0 radical (unpaired) electrons. The number of carbonyl (C=O) groups excluding carboxylic acids is 1. The van der Waals surface area contributed by atoms with E-state index >= 15 is 0 Å². The average Bonchev–Trinajstić information content (AvgIpc) is 2.58. The lowest BCUT2D eigenvalue weighted by Crippen LogP contribution is -2.48. The van der Waals surface area contributed by atoms with Gasteiger partial charge in [-0.05, 0) is 38.9 Å². The van der Waals surface area contributed by atoms with Gasteiger partial charge in [0.15, 0.2) is 0 Å². The largest absolute Gasteiger partial charge is 0.496 e. The standard InChI is InChI=1S/C15H22N2O2/c1-15(2)11-17(10-6-9-16-15)14(18)12-7-4-5-8-13(12)19-3/h4-5,7-8,16H,6,9-11H2,1-3H3. The summed E-state index contributed by atoms with van der Waals surface area (Å²) in [6.07, 6.45) is 0.977. The Morgan fingerprint density at radius 2 is 2.11 bits per heavy atom. The van der Waals surface area contributed by atoms with Crippen LogP contribution in [0.1, 0.15) is 30.6 Å². The number of hydrogen-bond acceptors (Lipinski definition) is 3. The number of rotatable bonds is 2. The van der Waals surface area contributed by atoms with Crippen LogP contribution in [0.5, 0.6) is 5.75 Å². The zero-order valence-electron chi connectivity index (χ0n) is 11.9. The van der Waals surface area contributed by atoms with Gasteiger partial charge in [-0.25, -0.2) is 0 Å². The number of benzene rings is 1. The van der Waals surface area contributed by atoms with Crippen molar-refractivity contribution in [2.24, 2.45) is 0 Å². The van der Waals surface area contributed by atoms with E-state index in [9.17, 15) is 4.79 Å². The van der Waals surface area contributed by atoms with Crippen LogP contribution < -0.4 is 10.1 Å². The highest BCUT2D eigenvalue weighted by atomic mass is 16.5. The number of para-hydroxylation sites is 1. The molecule has 4 nitrogen and oxygen atoms in total. The molecule has 1 saturated heterocycles. The van der Waals surface area contributed by atoms with Crippen LogP contribution in [0.3, 0.4) is 0 Å². The lowest BCUT2D eigenvalue weighted by atomic mass is 10.0. The number of ether oxygens (including phenoxy) is 1. The topological polar surface area (TPSA) is 41.6 Å². The molecule has 0 saturated carbocycles. The summed E-state index contributed by atoms with van der Waals surface area (Å²) in [6, 6.07) is 7.40. The maximum absolute atomic E-state index is 12.6. The second-order valence-electron chi connectivity index (χ2n) is 5.59. The van der Waals surface area contributed by atoms with Crippen LogP contribution in [-0.4, -0.2) is 43.1 Å². The summed E-state index contributed by atoms with van der Waals surface area (Å²) in [6.45, 7) is 6.70. The summed E-state index contributed by atoms with van der Waals surface area (Å²) >= 11 is 0. The Kier molecular flexibility index (Phi) is 4.10.